The van der Waals surface area contributed by atoms with Crippen LogP contribution >= 0.6 is 0 Å². The molecule has 2 atom stereocenters. The van der Waals surface area contributed by atoms with Crippen LogP contribution in [0.4, 0.5) is 0 Å². The molecule has 0 radical (unpaired) electrons. The second kappa shape index (κ2) is 3.32. The van der Waals surface area contributed by atoms with Gasteiger partial charge in [-0.3, -0.25) is 0 Å². The van der Waals surface area contributed by atoms with E-state index >= 15 is 0 Å². The van der Waals surface area contributed by atoms with E-state index in [4.69, 9.17) is 9.88 Å². The average Bonchev–Trinajstić information content (AvgIpc) is 1.83. The van der Waals surface area contributed by atoms with E-state index in [0.29, 0.717) is 0 Å². The van der Waals surface area contributed by atoms with Gasteiger partial charge in [-0.1, -0.05) is 0 Å². The summed E-state index contributed by atoms with van der Waals surface area (Å²) in [6.07, 6.45) is -0.352. The largest absolute Gasteiger partial charge is 0.380 e. The molecular weight excluding hydrogens is 154 g/mol. The van der Waals surface area contributed by atoms with Gasteiger partial charge in [-0.15, -0.1) is 0 Å². The van der Waals surface area contributed by atoms with E-state index in [1.54, 1.807) is 6.92 Å². The van der Waals surface area contributed by atoms with Crippen molar-refractivity contribution in [1.29, 1.82) is 0 Å². The fraction of sp³-hybridized carbons (Fsp3) is 1.00. The van der Waals surface area contributed by atoms with Gasteiger partial charge in [-0.2, -0.15) is 0 Å². The van der Waals surface area contributed by atoms with Crippen molar-refractivity contribution in [3.05, 3.63) is 0 Å². The topological polar surface area (TPSA) is 69.4 Å². The molecule has 0 aromatic carbocycles. The molecule has 62 valence electrons. The first-order chi connectivity index (χ1) is 4.39. The standard InChI is InChI=1S/C5H13NO3S/c1-4(9-3)5(2)10(6,7)8/h4-5H,1-3H3,(H2,6,7,8)/t4-,5+/m0/s1. The second-order valence-electron chi connectivity index (χ2n) is 2.23. The molecular formula is C5H13NO3S. The summed E-state index contributed by atoms with van der Waals surface area (Å²) in [7, 11) is -1.99. The van der Waals surface area contributed by atoms with Crippen LogP contribution in [0.2, 0.25) is 0 Å². The van der Waals surface area contributed by atoms with Gasteiger partial charge >= 0.3 is 0 Å². The predicted molar refractivity (Wildman–Crippen MR) is 39.0 cm³/mol. The minimum Gasteiger partial charge on any atom is -0.380 e. The molecule has 0 amide bonds. The zero-order valence-corrected chi connectivity index (χ0v) is 7.18. The Labute approximate surface area is 61.4 Å². The van der Waals surface area contributed by atoms with Crippen molar-refractivity contribution in [2.75, 3.05) is 7.11 Å². The SMILES string of the molecule is CO[C@@H](C)[C@@H](C)S(N)(=O)=O. The molecule has 0 aliphatic carbocycles. The van der Waals surface area contributed by atoms with Crippen LogP contribution in [0.25, 0.3) is 0 Å². The lowest BCUT2D eigenvalue weighted by Gasteiger charge is -2.15. The summed E-state index contributed by atoms with van der Waals surface area (Å²) in [5, 5.41) is 4.21. The van der Waals surface area contributed by atoms with Gasteiger partial charge in [0.2, 0.25) is 10.0 Å². The van der Waals surface area contributed by atoms with Crippen molar-refractivity contribution < 1.29 is 13.2 Å². The number of methoxy groups -OCH3 is 1. The number of sulfonamides is 1. The molecule has 0 bridgehead atoms. The summed E-state index contributed by atoms with van der Waals surface area (Å²) in [6.45, 7) is 3.18. The van der Waals surface area contributed by atoms with E-state index in [2.05, 4.69) is 0 Å². The highest BCUT2D eigenvalue weighted by molar-refractivity contribution is 7.89. The number of nitrogens with two attached hydrogens (primary N) is 1. The van der Waals surface area contributed by atoms with Gasteiger partial charge in [0.05, 0.1) is 11.4 Å². The van der Waals surface area contributed by atoms with E-state index < -0.39 is 15.3 Å². The molecule has 10 heavy (non-hydrogen) atoms. The second-order valence-corrected chi connectivity index (χ2v) is 4.16. The van der Waals surface area contributed by atoms with Crippen molar-refractivity contribution in [1.82, 2.24) is 0 Å². The molecule has 0 saturated carbocycles. The van der Waals surface area contributed by atoms with Crippen LogP contribution in [0.1, 0.15) is 13.8 Å². The zero-order valence-electron chi connectivity index (χ0n) is 6.37. The maximum absolute atomic E-state index is 10.6. The minimum absolute atomic E-state index is 0.352. The van der Waals surface area contributed by atoms with Gasteiger partial charge in [-0.25, -0.2) is 13.6 Å². The highest BCUT2D eigenvalue weighted by Gasteiger charge is 2.21. The zero-order chi connectivity index (χ0) is 8.36. The first-order valence-electron chi connectivity index (χ1n) is 2.94. The minimum atomic E-state index is -3.44. The number of ether oxygens (including phenoxy) is 1. The molecule has 0 heterocycles. The van der Waals surface area contributed by atoms with Gasteiger partial charge in [-0.05, 0) is 13.8 Å². The lowest BCUT2D eigenvalue weighted by Crippen LogP contribution is -2.35. The van der Waals surface area contributed by atoms with Crippen molar-refractivity contribution >= 4 is 10.0 Å². The smallest absolute Gasteiger partial charge is 0.214 e. The Morgan fingerprint density at radius 1 is 1.40 bits per heavy atom. The molecule has 0 fully saturated rings. The van der Waals surface area contributed by atoms with Gasteiger partial charge in [0.25, 0.3) is 0 Å². The van der Waals surface area contributed by atoms with Gasteiger partial charge in [0, 0.05) is 7.11 Å². The lowest BCUT2D eigenvalue weighted by molar-refractivity contribution is 0.117. The summed E-state index contributed by atoms with van der Waals surface area (Å²) in [4.78, 5) is 0. The molecule has 0 aliphatic rings. The summed E-state index contributed by atoms with van der Waals surface area (Å²) in [6, 6.07) is 0. The van der Waals surface area contributed by atoms with Crippen LogP contribution < -0.4 is 5.14 Å². The van der Waals surface area contributed by atoms with Crippen LogP contribution in [0, 0.1) is 0 Å². The van der Waals surface area contributed by atoms with E-state index in [9.17, 15) is 8.42 Å². The molecule has 0 aliphatic heterocycles. The van der Waals surface area contributed by atoms with Gasteiger partial charge in [0.15, 0.2) is 0 Å². The van der Waals surface area contributed by atoms with Gasteiger partial charge in [0.1, 0.15) is 0 Å². The van der Waals surface area contributed by atoms with Crippen molar-refractivity contribution in [2.24, 2.45) is 5.14 Å². The van der Waals surface area contributed by atoms with Crippen LogP contribution in [-0.2, 0) is 14.8 Å². The Kier molecular flexibility index (Phi) is 3.27. The Balaban J connectivity index is 4.23. The van der Waals surface area contributed by atoms with Crippen LogP contribution in [0.3, 0.4) is 0 Å². The summed E-state index contributed by atoms with van der Waals surface area (Å²) in [5.74, 6) is 0. The third kappa shape index (κ3) is 2.64. The van der Waals surface area contributed by atoms with E-state index in [0.717, 1.165) is 0 Å². The molecule has 0 aromatic heterocycles. The first-order valence-corrected chi connectivity index (χ1v) is 4.55. The summed E-state index contributed by atoms with van der Waals surface area (Å²) >= 11 is 0. The maximum atomic E-state index is 10.6. The molecule has 5 heteroatoms. The monoisotopic (exact) mass is 167 g/mol. The number of hydrogen-bond acceptors (Lipinski definition) is 3. The molecule has 2 N–H and O–H groups in total. The lowest BCUT2D eigenvalue weighted by atomic mass is 10.3. The fourth-order valence-corrected chi connectivity index (χ4v) is 1.10. The molecule has 4 nitrogen and oxygen atoms in total. The Bertz CT molecular complexity index is 187. The molecule has 0 rings (SSSR count). The highest BCUT2D eigenvalue weighted by Crippen LogP contribution is 2.03. The van der Waals surface area contributed by atoms with Crippen LogP contribution in [0.15, 0.2) is 0 Å². The summed E-state index contributed by atoms with van der Waals surface area (Å²) in [5.41, 5.74) is 0. The van der Waals surface area contributed by atoms with Gasteiger partial charge < -0.3 is 4.74 Å². The van der Waals surface area contributed by atoms with Crippen molar-refractivity contribution in [2.45, 2.75) is 25.2 Å². The number of hydrogen-bond donors (Lipinski definition) is 1. The molecule has 0 unspecified atom stereocenters. The molecule has 0 aromatic rings. The Hall–Kier alpha value is -0.130. The average molecular weight is 167 g/mol. The third-order valence-electron chi connectivity index (χ3n) is 1.55. The van der Waals surface area contributed by atoms with Crippen molar-refractivity contribution in [3.8, 4) is 0 Å². The fourth-order valence-electron chi connectivity index (χ4n) is 0.459. The maximum Gasteiger partial charge on any atom is 0.214 e. The third-order valence-corrected chi connectivity index (χ3v) is 2.97. The highest BCUT2D eigenvalue weighted by atomic mass is 32.2. The van der Waals surface area contributed by atoms with E-state index in [1.807, 2.05) is 0 Å². The number of primary sulfonamides is 1. The van der Waals surface area contributed by atoms with Crippen molar-refractivity contribution in [3.63, 3.8) is 0 Å². The first kappa shape index (κ1) is 9.87. The number of rotatable bonds is 3. The molecule has 0 spiro atoms. The predicted octanol–water partition coefficient (Wildman–Crippen LogP) is -0.302. The van der Waals surface area contributed by atoms with E-state index in [1.165, 1.54) is 14.0 Å². The normalized spacial score (nSPS) is 18.4. The van der Waals surface area contributed by atoms with Crippen LogP contribution in [0.5, 0.6) is 0 Å². The van der Waals surface area contributed by atoms with Crippen LogP contribution in [-0.4, -0.2) is 26.9 Å². The quantitative estimate of drug-likeness (QED) is 0.627. The summed E-state index contributed by atoms with van der Waals surface area (Å²) < 4.78 is 26.0. The van der Waals surface area contributed by atoms with E-state index in [-0.39, 0.29) is 6.10 Å². The Morgan fingerprint density at radius 2 is 1.80 bits per heavy atom. The Morgan fingerprint density at radius 3 is 1.90 bits per heavy atom. The molecule has 0 saturated heterocycles.